The van der Waals surface area contributed by atoms with E-state index in [-0.39, 0.29) is 0 Å². The van der Waals surface area contributed by atoms with Gasteiger partial charge in [-0.25, -0.2) is 0 Å². The molecule has 0 saturated carbocycles. The van der Waals surface area contributed by atoms with E-state index in [1.807, 2.05) is 18.2 Å². The molecular weight excluding hydrogens is 334 g/mol. The van der Waals surface area contributed by atoms with Gasteiger partial charge in [0.15, 0.2) is 0 Å². The standard InChI is InChI=1S/C16H14Cl4/c17-7-12-6-13(11-4-2-1-3-5-11)15(9-19)16(10-20)14(12)8-18/h1-6H,7-10H2. The van der Waals surface area contributed by atoms with Crippen molar-refractivity contribution in [3.8, 4) is 11.1 Å². The fourth-order valence-electron chi connectivity index (χ4n) is 2.36. The summed E-state index contributed by atoms with van der Waals surface area (Å²) in [6.07, 6.45) is 0. The molecule has 0 spiro atoms. The van der Waals surface area contributed by atoms with Gasteiger partial charge in [0.1, 0.15) is 0 Å². The molecule has 0 aliphatic carbocycles. The van der Waals surface area contributed by atoms with Crippen LogP contribution in [-0.2, 0) is 23.5 Å². The highest BCUT2D eigenvalue weighted by Gasteiger charge is 2.16. The smallest absolute Gasteiger partial charge is 0.0483 e. The van der Waals surface area contributed by atoms with E-state index in [0.29, 0.717) is 23.5 Å². The molecule has 2 rings (SSSR count). The molecule has 0 aliphatic heterocycles. The summed E-state index contributed by atoms with van der Waals surface area (Å²) in [6.45, 7) is 0. The lowest BCUT2D eigenvalue weighted by atomic mass is 9.90. The first-order chi connectivity index (χ1) is 9.76. The molecular formula is C16H14Cl4. The van der Waals surface area contributed by atoms with Crippen LogP contribution in [0.1, 0.15) is 22.3 Å². The van der Waals surface area contributed by atoms with Crippen LogP contribution >= 0.6 is 46.4 Å². The van der Waals surface area contributed by atoms with Crippen LogP contribution in [0.4, 0.5) is 0 Å². The van der Waals surface area contributed by atoms with Crippen LogP contribution in [0, 0.1) is 0 Å². The maximum absolute atomic E-state index is 6.16. The SMILES string of the molecule is ClCc1cc(-c2ccccc2)c(CCl)c(CCl)c1CCl. The van der Waals surface area contributed by atoms with Gasteiger partial charge in [0.05, 0.1) is 0 Å². The molecule has 4 heteroatoms. The zero-order chi connectivity index (χ0) is 14.5. The highest BCUT2D eigenvalue weighted by molar-refractivity contribution is 6.21. The van der Waals surface area contributed by atoms with Crippen molar-refractivity contribution in [1.82, 2.24) is 0 Å². The average Bonchev–Trinajstić information content (AvgIpc) is 2.53. The second-order valence-electron chi connectivity index (χ2n) is 4.42. The maximum Gasteiger partial charge on any atom is 0.0483 e. The summed E-state index contributed by atoms with van der Waals surface area (Å²) in [5, 5.41) is 0. The number of alkyl halides is 4. The van der Waals surface area contributed by atoms with Crippen molar-refractivity contribution in [1.29, 1.82) is 0 Å². The Labute approximate surface area is 139 Å². The largest absolute Gasteiger partial charge is 0.122 e. The topological polar surface area (TPSA) is 0 Å². The quantitative estimate of drug-likeness (QED) is 0.556. The Morgan fingerprint density at radius 1 is 0.650 bits per heavy atom. The number of hydrogen-bond acceptors (Lipinski definition) is 0. The van der Waals surface area contributed by atoms with Crippen molar-refractivity contribution < 1.29 is 0 Å². The molecule has 2 aromatic carbocycles. The lowest BCUT2D eigenvalue weighted by Crippen LogP contribution is -2.03. The van der Waals surface area contributed by atoms with Gasteiger partial charge < -0.3 is 0 Å². The fraction of sp³-hybridized carbons (Fsp3) is 0.250. The third kappa shape index (κ3) is 3.09. The average molecular weight is 348 g/mol. The summed E-state index contributed by atoms with van der Waals surface area (Å²) in [5.74, 6) is 1.59. The second-order valence-corrected chi connectivity index (χ2v) is 5.49. The molecule has 0 saturated heterocycles. The number of halogens is 4. The monoisotopic (exact) mass is 346 g/mol. The summed E-state index contributed by atoms with van der Waals surface area (Å²) in [7, 11) is 0. The van der Waals surface area contributed by atoms with E-state index in [1.54, 1.807) is 0 Å². The Morgan fingerprint density at radius 3 is 1.75 bits per heavy atom. The molecule has 0 atom stereocenters. The van der Waals surface area contributed by atoms with Crippen LogP contribution in [0.5, 0.6) is 0 Å². The third-order valence-corrected chi connectivity index (χ3v) is 4.48. The summed E-state index contributed by atoms with van der Waals surface area (Å²) >= 11 is 24.4. The molecule has 0 nitrogen and oxygen atoms in total. The van der Waals surface area contributed by atoms with E-state index in [4.69, 9.17) is 46.4 Å². The summed E-state index contributed by atoms with van der Waals surface area (Å²) in [6, 6.07) is 12.2. The van der Waals surface area contributed by atoms with Gasteiger partial charge in [-0.2, -0.15) is 0 Å². The first kappa shape index (κ1) is 16.0. The van der Waals surface area contributed by atoms with Crippen LogP contribution in [0.25, 0.3) is 11.1 Å². The number of benzene rings is 2. The Morgan fingerprint density at radius 2 is 1.25 bits per heavy atom. The lowest BCUT2D eigenvalue weighted by molar-refractivity contribution is 1.15. The molecule has 0 radical (unpaired) electrons. The number of rotatable bonds is 5. The Hall–Kier alpha value is -0.400. The first-order valence-electron chi connectivity index (χ1n) is 6.22. The molecule has 0 aromatic heterocycles. The van der Waals surface area contributed by atoms with E-state index < -0.39 is 0 Å². The molecule has 0 heterocycles. The molecule has 2 aromatic rings. The van der Waals surface area contributed by atoms with Gasteiger partial charge in [-0.3, -0.25) is 0 Å². The minimum Gasteiger partial charge on any atom is -0.122 e. The van der Waals surface area contributed by atoms with E-state index in [2.05, 4.69) is 18.2 Å². The molecule has 0 N–H and O–H groups in total. The molecule has 0 aliphatic rings. The molecule has 0 unspecified atom stereocenters. The Kier molecular flexibility index (Phi) is 6.04. The van der Waals surface area contributed by atoms with E-state index in [1.165, 1.54) is 0 Å². The van der Waals surface area contributed by atoms with Crippen molar-refractivity contribution in [3.63, 3.8) is 0 Å². The lowest BCUT2D eigenvalue weighted by Gasteiger charge is -2.18. The highest BCUT2D eigenvalue weighted by atomic mass is 35.5. The van der Waals surface area contributed by atoms with E-state index in [0.717, 1.165) is 33.4 Å². The van der Waals surface area contributed by atoms with Crippen molar-refractivity contribution >= 4 is 46.4 Å². The predicted octanol–water partition coefficient (Wildman–Crippen LogP) is 6.31. The van der Waals surface area contributed by atoms with Crippen LogP contribution in [0.2, 0.25) is 0 Å². The molecule has 106 valence electrons. The Balaban J connectivity index is 2.74. The van der Waals surface area contributed by atoms with Crippen molar-refractivity contribution in [2.45, 2.75) is 23.5 Å². The van der Waals surface area contributed by atoms with Gasteiger partial charge >= 0.3 is 0 Å². The van der Waals surface area contributed by atoms with Gasteiger partial charge in [0.2, 0.25) is 0 Å². The third-order valence-electron chi connectivity index (χ3n) is 3.39. The fourth-order valence-corrected chi connectivity index (χ4v) is 3.56. The molecule has 0 bridgehead atoms. The Bertz CT molecular complexity index is 579. The number of hydrogen-bond donors (Lipinski definition) is 0. The zero-order valence-corrected chi connectivity index (χ0v) is 13.8. The summed E-state index contributed by atoms with van der Waals surface area (Å²) < 4.78 is 0. The van der Waals surface area contributed by atoms with Crippen molar-refractivity contribution in [2.24, 2.45) is 0 Å². The minimum absolute atomic E-state index is 0.384. The van der Waals surface area contributed by atoms with Gasteiger partial charge in [0, 0.05) is 23.5 Å². The van der Waals surface area contributed by atoms with Crippen LogP contribution in [0.15, 0.2) is 36.4 Å². The van der Waals surface area contributed by atoms with Crippen molar-refractivity contribution in [2.75, 3.05) is 0 Å². The van der Waals surface area contributed by atoms with Gasteiger partial charge in [-0.05, 0) is 39.4 Å². The van der Waals surface area contributed by atoms with Crippen LogP contribution < -0.4 is 0 Å². The van der Waals surface area contributed by atoms with Crippen molar-refractivity contribution in [3.05, 3.63) is 58.7 Å². The van der Waals surface area contributed by atoms with Gasteiger partial charge in [-0.15, -0.1) is 46.4 Å². The highest BCUT2D eigenvalue weighted by Crippen LogP contribution is 2.34. The molecule has 0 amide bonds. The van der Waals surface area contributed by atoms with Crippen LogP contribution in [0.3, 0.4) is 0 Å². The predicted molar refractivity (Wildman–Crippen MR) is 90.1 cm³/mol. The first-order valence-corrected chi connectivity index (χ1v) is 8.36. The van der Waals surface area contributed by atoms with Gasteiger partial charge in [0.25, 0.3) is 0 Å². The summed E-state index contributed by atoms with van der Waals surface area (Å²) in [4.78, 5) is 0. The van der Waals surface area contributed by atoms with Crippen LogP contribution in [-0.4, -0.2) is 0 Å². The maximum atomic E-state index is 6.16. The van der Waals surface area contributed by atoms with E-state index >= 15 is 0 Å². The summed E-state index contributed by atoms with van der Waals surface area (Å²) in [5.41, 5.74) is 6.27. The minimum atomic E-state index is 0.384. The molecule has 20 heavy (non-hydrogen) atoms. The van der Waals surface area contributed by atoms with E-state index in [9.17, 15) is 0 Å². The van der Waals surface area contributed by atoms with Gasteiger partial charge in [-0.1, -0.05) is 30.3 Å². The zero-order valence-electron chi connectivity index (χ0n) is 10.8. The molecule has 0 fully saturated rings. The second kappa shape index (κ2) is 7.56. The normalized spacial score (nSPS) is 10.8.